The van der Waals surface area contributed by atoms with Gasteiger partial charge in [0.1, 0.15) is 5.56 Å². The number of rotatable bonds is 3. The lowest BCUT2D eigenvalue weighted by atomic mass is 10.0. The Morgan fingerprint density at radius 2 is 1.56 bits per heavy atom. The molecule has 0 aromatic heterocycles. The van der Waals surface area contributed by atoms with E-state index in [9.17, 15) is 22.4 Å². The smallest absolute Gasteiger partial charge is 0.261 e. The lowest BCUT2D eigenvalue weighted by Crippen LogP contribution is -2.19. The van der Waals surface area contributed by atoms with Gasteiger partial charge >= 0.3 is 0 Å². The maximum Gasteiger partial charge on any atom is 0.261 e. The Bertz CT molecular complexity index is 1070. The molecule has 27 heavy (non-hydrogen) atoms. The molecule has 4 rings (SSSR count). The molecule has 0 spiro atoms. The second kappa shape index (κ2) is 6.26. The number of carbonyl (C=O) groups is 1. The zero-order chi connectivity index (χ0) is 19.3. The van der Waals surface area contributed by atoms with Crippen LogP contribution >= 0.6 is 0 Å². The normalized spacial score (nSPS) is 12.5. The van der Waals surface area contributed by atoms with Crippen molar-refractivity contribution >= 4 is 22.4 Å². The molecule has 0 bridgehead atoms. The minimum absolute atomic E-state index is 0.304. The third-order valence-corrected chi connectivity index (χ3v) is 4.78. The molecule has 3 aromatic rings. The number of amides is 1. The van der Waals surface area contributed by atoms with Gasteiger partial charge in [0.05, 0.1) is 7.11 Å². The van der Waals surface area contributed by atoms with Crippen molar-refractivity contribution in [2.75, 3.05) is 12.4 Å². The molecule has 1 aliphatic rings. The molecular weight excluding hydrogens is 362 g/mol. The van der Waals surface area contributed by atoms with Crippen molar-refractivity contribution in [1.82, 2.24) is 0 Å². The molecule has 0 aliphatic heterocycles. The van der Waals surface area contributed by atoms with Gasteiger partial charge in [0.25, 0.3) is 5.91 Å². The van der Waals surface area contributed by atoms with Gasteiger partial charge < -0.3 is 10.1 Å². The fraction of sp³-hybridized carbons (Fsp3) is 0.150. The summed E-state index contributed by atoms with van der Waals surface area (Å²) in [5.41, 5.74) is 1.18. The van der Waals surface area contributed by atoms with E-state index < -0.39 is 40.5 Å². The Labute approximate surface area is 151 Å². The van der Waals surface area contributed by atoms with Crippen LogP contribution in [0.4, 0.5) is 23.2 Å². The molecule has 0 fully saturated rings. The summed E-state index contributed by atoms with van der Waals surface area (Å²) in [5.74, 6) is -9.65. The first-order chi connectivity index (χ1) is 12.9. The Hall–Kier alpha value is -3.09. The van der Waals surface area contributed by atoms with E-state index in [2.05, 4.69) is 10.1 Å². The van der Waals surface area contributed by atoms with E-state index >= 15 is 0 Å². The first kappa shape index (κ1) is 17.3. The molecule has 0 atom stereocenters. The number of halogens is 4. The van der Waals surface area contributed by atoms with Crippen molar-refractivity contribution in [2.24, 2.45) is 0 Å². The topological polar surface area (TPSA) is 38.3 Å². The zero-order valence-electron chi connectivity index (χ0n) is 14.1. The summed E-state index contributed by atoms with van der Waals surface area (Å²) in [5, 5.41) is 4.04. The number of hydrogen-bond acceptors (Lipinski definition) is 2. The van der Waals surface area contributed by atoms with Gasteiger partial charge in [-0.25, -0.2) is 8.78 Å². The van der Waals surface area contributed by atoms with Crippen molar-refractivity contribution in [2.45, 2.75) is 12.8 Å². The molecule has 7 heteroatoms. The van der Waals surface area contributed by atoms with Crippen LogP contribution in [0.25, 0.3) is 10.8 Å². The number of ether oxygens (including phenoxy) is 1. The average molecular weight is 375 g/mol. The summed E-state index contributed by atoms with van der Waals surface area (Å²) < 4.78 is 60.4. The van der Waals surface area contributed by atoms with Crippen LogP contribution in [0.3, 0.4) is 0 Å². The lowest BCUT2D eigenvalue weighted by molar-refractivity contribution is 0.101. The highest BCUT2D eigenvalue weighted by molar-refractivity contribution is 6.10. The first-order valence-corrected chi connectivity index (χ1v) is 8.18. The van der Waals surface area contributed by atoms with E-state index in [0.29, 0.717) is 11.1 Å². The van der Waals surface area contributed by atoms with E-state index in [1.54, 1.807) is 12.1 Å². The van der Waals surface area contributed by atoms with Crippen LogP contribution in [0, 0.1) is 23.3 Å². The molecule has 1 aliphatic carbocycles. The van der Waals surface area contributed by atoms with Crippen molar-refractivity contribution in [3.05, 3.63) is 70.3 Å². The Balaban J connectivity index is 1.80. The molecular formula is C20H13F4NO2. The number of carbonyl (C=O) groups excluding carboxylic acids is 1. The van der Waals surface area contributed by atoms with Gasteiger partial charge in [-0.15, -0.1) is 0 Å². The highest BCUT2D eigenvalue weighted by Crippen LogP contribution is 2.36. The first-order valence-electron chi connectivity index (χ1n) is 8.18. The number of hydrogen-bond donors (Lipinski definition) is 1. The standard InChI is InChI=1S/C20H13F4NO2/c1-27-19-17(23)15(21)14(16(22)18(19)24)20(26)25-12-8-7-10-6-5-9-3-2-4-11(12)13(9)10/h2-4,7-8H,5-6H2,1H3,(H,25,26). The quantitative estimate of drug-likeness (QED) is 0.530. The lowest BCUT2D eigenvalue weighted by Gasteiger charge is -2.13. The van der Waals surface area contributed by atoms with Crippen molar-refractivity contribution < 1.29 is 27.1 Å². The number of nitrogens with one attached hydrogen (secondary N) is 1. The molecule has 0 heterocycles. The highest BCUT2D eigenvalue weighted by Gasteiger charge is 2.30. The van der Waals surface area contributed by atoms with Crippen LogP contribution in [0.5, 0.6) is 5.75 Å². The number of aryl methyl sites for hydroxylation is 2. The van der Waals surface area contributed by atoms with Gasteiger partial charge in [-0.05, 0) is 35.4 Å². The van der Waals surface area contributed by atoms with Crippen LogP contribution in [-0.2, 0) is 12.8 Å². The fourth-order valence-electron chi connectivity index (χ4n) is 3.53. The molecule has 138 valence electrons. The van der Waals surface area contributed by atoms with E-state index in [0.717, 1.165) is 36.5 Å². The Kier molecular flexibility index (Phi) is 4.02. The predicted molar refractivity (Wildman–Crippen MR) is 92.1 cm³/mol. The third-order valence-electron chi connectivity index (χ3n) is 4.78. The number of anilines is 1. The Morgan fingerprint density at radius 3 is 2.19 bits per heavy atom. The van der Waals surface area contributed by atoms with Crippen LogP contribution in [0.1, 0.15) is 21.5 Å². The fourth-order valence-corrected chi connectivity index (χ4v) is 3.53. The monoisotopic (exact) mass is 375 g/mol. The summed E-state index contributed by atoms with van der Waals surface area (Å²) in [6, 6.07) is 8.98. The predicted octanol–water partition coefficient (Wildman–Crippen LogP) is 4.76. The highest BCUT2D eigenvalue weighted by atomic mass is 19.2. The second-order valence-electron chi connectivity index (χ2n) is 6.23. The average Bonchev–Trinajstić information content (AvgIpc) is 3.08. The summed E-state index contributed by atoms with van der Waals surface area (Å²) in [6.07, 6.45) is 1.73. The SMILES string of the molecule is COc1c(F)c(F)c(C(=O)Nc2ccc3c4c(cccc24)CC3)c(F)c1F. The van der Waals surface area contributed by atoms with Gasteiger partial charge in [-0.1, -0.05) is 24.3 Å². The van der Waals surface area contributed by atoms with Crippen LogP contribution < -0.4 is 10.1 Å². The number of methoxy groups -OCH3 is 1. The second-order valence-corrected chi connectivity index (χ2v) is 6.23. The maximum absolute atomic E-state index is 14.2. The van der Waals surface area contributed by atoms with E-state index in [4.69, 9.17) is 0 Å². The van der Waals surface area contributed by atoms with Crippen molar-refractivity contribution in [3.8, 4) is 5.75 Å². The van der Waals surface area contributed by atoms with Crippen LogP contribution in [-0.4, -0.2) is 13.0 Å². The summed E-state index contributed by atoms with van der Waals surface area (Å²) in [7, 11) is 0.868. The molecule has 1 N–H and O–H groups in total. The molecule has 0 radical (unpaired) electrons. The minimum Gasteiger partial charge on any atom is -0.491 e. The van der Waals surface area contributed by atoms with Crippen molar-refractivity contribution in [3.63, 3.8) is 0 Å². The molecule has 0 unspecified atom stereocenters. The zero-order valence-corrected chi connectivity index (χ0v) is 14.1. The van der Waals surface area contributed by atoms with Gasteiger partial charge in [0, 0.05) is 11.1 Å². The van der Waals surface area contributed by atoms with Crippen molar-refractivity contribution in [1.29, 1.82) is 0 Å². The maximum atomic E-state index is 14.2. The molecule has 3 nitrogen and oxygen atoms in total. The molecule has 3 aromatic carbocycles. The van der Waals surface area contributed by atoms with Gasteiger partial charge in [-0.3, -0.25) is 4.79 Å². The van der Waals surface area contributed by atoms with E-state index in [-0.39, 0.29) is 0 Å². The van der Waals surface area contributed by atoms with Gasteiger partial charge in [0.2, 0.25) is 11.6 Å². The Morgan fingerprint density at radius 1 is 0.926 bits per heavy atom. The summed E-state index contributed by atoms with van der Waals surface area (Å²) in [4.78, 5) is 12.4. The van der Waals surface area contributed by atoms with Gasteiger partial charge in [-0.2, -0.15) is 8.78 Å². The van der Waals surface area contributed by atoms with E-state index in [1.165, 1.54) is 0 Å². The molecule has 1 amide bonds. The molecule has 0 saturated heterocycles. The summed E-state index contributed by atoms with van der Waals surface area (Å²) in [6.45, 7) is 0. The van der Waals surface area contributed by atoms with Gasteiger partial charge in [0.15, 0.2) is 17.4 Å². The number of benzene rings is 3. The third kappa shape index (κ3) is 2.53. The van der Waals surface area contributed by atoms with E-state index in [1.807, 2.05) is 18.2 Å². The minimum atomic E-state index is -1.81. The molecule has 0 saturated carbocycles. The summed E-state index contributed by atoms with van der Waals surface area (Å²) >= 11 is 0. The van der Waals surface area contributed by atoms with Crippen LogP contribution in [0.15, 0.2) is 30.3 Å². The van der Waals surface area contributed by atoms with Crippen LogP contribution in [0.2, 0.25) is 0 Å². The largest absolute Gasteiger partial charge is 0.491 e.